The van der Waals surface area contributed by atoms with Crippen molar-refractivity contribution in [3.63, 3.8) is 0 Å². The number of hydrogen-bond acceptors (Lipinski definition) is 4. The zero-order chi connectivity index (χ0) is 13.7. The molecule has 2 atom stereocenters. The van der Waals surface area contributed by atoms with Gasteiger partial charge in [0, 0.05) is 10.9 Å². The van der Waals surface area contributed by atoms with Crippen molar-refractivity contribution in [2.45, 2.75) is 38.3 Å². The van der Waals surface area contributed by atoms with Gasteiger partial charge in [0.05, 0.1) is 19.2 Å². The molecular weight excluding hydrogens is 260 g/mol. The third kappa shape index (κ3) is 4.03. The van der Waals surface area contributed by atoms with Crippen LogP contribution in [0, 0.1) is 0 Å². The van der Waals surface area contributed by atoms with E-state index in [1.165, 1.54) is 4.88 Å². The Labute approximate surface area is 118 Å². The van der Waals surface area contributed by atoms with Crippen LogP contribution in [-0.4, -0.2) is 41.7 Å². The van der Waals surface area contributed by atoms with E-state index in [0.717, 1.165) is 25.8 Å². The number of nitrogens with one attached hydrogen (secondary N) is 1. The Balaban J connectivity index is 1.83. The molecule has 5 heteroatoms. The molecule has 1 fully saturated rings. The highest BCUT2D eigenvalue weighted by Crippen LogP contribution is 2.19. The molecule has 1 aromatic heterocycles. The van der Waals surface area contributed by atoms with E-state index in [4.69, 9.17) is 0 Å². The standard InChI is InChI=1S/C14H22N2O2S/c1-11(13-6-4-8-19-13)15-14(18)9-16-7-3-2-5-12(16)10-17/h4,6,8,11-12,17H,2-3,5,7,9-10H2,1H3,(H,15,18). The molecule has 0 radical (unpaired) electrons. The van der Waals surface area contributed by atoms with Crippen LogP contribution < -0.4 is 5.32 Å². The molecule has 2 rings (SSSR count). The summed E-state index contributed by atoms with van der Waals surface area (Å²) in [6.07, 6.45) is 3.25. The summed E-state index contributed by atoms with van der Waals surface area (Å²) in [4.78, 5) is 15.3. The summed E-state index contributed by atoms with van der Waals surface area (Å²) in [6, 6.07) is 4.24. The average Bonchev–Trinajstić information content (AvgIpc) is 2.93. The fourth-order valence-corrected chi connectivity index (χ4v) is 3.29. The van der Waals surface area contributed by atoms with Gasteiger partial charge in [-0.15, -0.1) is 11.3 Å². The highest BCUT2D eigenvalue weighted by atomic mass is 32.1. The van der Waals surface area contributed by atoms with Crippen LogP contribution in [0.1, 0.15) is 37.1 Å². The van der Waals surface area contributed by atoms with Crippen molar-refractivity contribution in [1.82, 2.24) is 10.2 Å². The van der Waals surface area contributed by atoms with Gasteiger partial charge in [0.25, 0.3) is 0 Å². The van der Waals surface area contributed by atoms with Gasteiger partial charge >= 0.3 is 0 Å². The van der Waals surface area contributed by atoms with Crippen LogP contribution in [0.25, 0.3) is 0 Å². The molecule has 2 heterocycles. The molecule has 1 amide bonds. The van der Waals surface area contributed by atoms with Crippen LogP contribution in [-0.2, 0) is 4.79 Å². The van der Waals surface area contributed by atoms with Gasteiger partial charge in [0.15, 0.2) is 0 Å². The van der Waals surface area contributed by atoms with Crippen molar-refractivity contribution in [3.05, 3.63) is 22.4 Å². The smallest absolute Gasteiger partial charge is 0.234 e. The van der Waals surface area contributed by atoms with E-state index in [-0.39, 0.29) is 24.6 Å². The first kappa shape index (κ1) is 14.5. The predicted octanol–water partition coefficient (Wildman–Crippen LogP) is 1.77. The summed E-state index contributed by atoms with van der Waals surface area (Å²) >= 11 is 1.66. The second-order valence-electron chi connectivity index (χ2n) is 5.11. The Morgan fingerprint density at radius 3 is 3.16 bits per heavy atom. The Bertz CT molecular complexity index is 394. The van der Waals surface area contributed by atoms with E-state index in [0.29, 0.717) is 6.54 Å². The van der Waals surface area contributed by atoms with Crippen molar-refractivity contribution in [2.24, 2.45) is 0 Å². The molecule has 0 bridgehead atoms. The Kier molecular flexibility index (Phi) is 5.36. The average molecular weight is 282 g/mol. The Morgan fingerprint density at radius 2 is 2.47 bits per heavy atom. The highest BCUT2D eigenvalue weighted by Gasteiger charge is 2.24. The first-order valence-corrected chi connectivity index (χ1v) is 7.76. The molecule has 1 aliphatic heterocycles. The van der Waals surface area contributed by atoms with Gasteiger partial charge in [-0.1, -0.05) is 12.5 Å². The molecule has 0 aliphatic carbocycles. The summed E-state index contributed by atoms with van der Waals surface area (Å²) in [6.45, 7) is 3.45. The lowest BCUT2D eigenvalue weighted by Crippen LogP contribution is -2.47. The van der Waals surface area contributed by atoms with E-state index in [9.17, 15) is 9.90 Å². The molecule has 1 saturated heterocycles. The monoisotopic (exact) mass is 282 g/mol. The normalized spacial score (nSPS) is 22.1. The number of rotatable bonds is 5. The van der Waals surface area contributed by atoms with Crippen molar-refractivity contribution in [2.75, 3.05) is 19.7 Å². The summed E-state index contributed by atoms with van der Waals surface area (Å²) < 4.78 is 0. The number of thiophene rings is 1. The first-order valence-electron chi connectivity index (χ1n) is 6.88. The zero-order valence-electron chi connectivity index (χ0n) is 11.3. The van der Waals surface area contributed by atoms with Gasteiger partial charge in [0.2, 0.25) is 5.91 Å². The maximum Gasteiger partial charge on any atom is 0.234 e. The van der Waals surface area contributed by atoms with Crippen LogP contribution in [0.3, 0.4) is 0 Å². The SMILES string of the molecule is CC(NC(=O)CN1CCCCC1CO)c1cccs1. The Hall–Kier alpha value is -0.910. The van der Waals surface area contributed by atoms with E-state index in [1.807, 2.05) is 24.4 Å². The number of piperidine rings is 1. The number of aliphatic hydroxyl groups is 1. The predicted molar refractivity (Wildman–Crippen MR) is 77.2 cm³/mol. The maximum atomic E-state index is 12.0. The number of hydrogen-bond donors (Lipinski definition) is 2. The van der Waals surface area contributed by atoms with Gasteiger partial charge in [-0.2, -0.15) is 0 Å². The molecule has 0 aromatic carbocycles. The molecule has 2 unspecified atom stereocenters. The fourth-order valence-electron chi connectivity index (χ4n) is 2.56. The largest absolute Gasteiger partial charge is 0.395 e. The lowest BCUT2D eigenvalue weighted by atomic mass is 10.0. The lowest BCUT2D eigenvalue weighted by Gasteiger charge is -2.34. The summed E-state index contributed by atoms with van der Waals surface area (Å²) in [7, 11) is 0. The first-order chi connectivity index (χ1) is 9.20. The van der Waals surface area contributed by atoms with E-state index >= 15 is 0 Å². The number of carbonyl (C=O) groups is 1. The fraction of sp³-hybridized carbons (Fsp3) is 0.643. The molecule has 4 nitrogen and oxygen atoms in total. The third-order valence-corrected chi connectivity index (χ3v) is 4.71. The second kappa shape index (κ2) is 7.03. The van der Waals surface area contributed by atoms with Gasteiger partial charge < -0.3 is 10.4 Å². The van der Waals surface area contributed by atoms with Gasteiger partial charge in [-0.25, -0.2) is 0 Å². The molecule has 0 saturated carbocycles. The number of aliphatic hydroxyl groups excluding tert-OH is 1. The number of amides is 1. The van der Waals surface area contributed by atoms with Crippen LogP contribution in [0.5, 0.6) is 0 Å². The van der Waals surface area contributed by atoms with Crippen molar-refractivity contribution >= 4 is 17.2 Å². The molecular formula is C14H22N2O2S. The van der Waals surface area contributed by atoms with Crippen LogP contribution in [0.15, 0.2) is 17.5 Å². The highest BCUT2D eigenvalue weighted by molar-refractivity contribution is 7.10. The molecule has 19 heavy (non-hydrogen) atoms. The Morgan fingerprint density at radius 1 is 1.63 bits per heavy atom. The van der Waals surface area contributed by atoms with Crippen molar-refractivity contribution in [3.8, 4) is 0 Å². The summed E-state index contributed by atoms with van der Waals surface area (Å²) in [5.74, 6) is 0.0428. The van der Waals surface area contributed by atoms with E-state index < -0.39 is 0 Å². The lowest BCUT2D eigenvalue weighted by molar-refractivity contribution is -0.124. The minimum atomic E-state index is 0.0428. The van der Waals surface area contributed by atoms with Crippen molar-refractivity contribution < 1.29 is 9.90 Å². The minimum Gasteiger partial charge on any atom is -0.395 e. The van der Waals surface area contributed by atoms with E-state index in [1.54, 1.807) is 11.3 Å². The van der Waals surface area contributed by atoms with Crippen LogP contribution in [0.4, 0.5) is 0 Å². The van der Waals surface area contributed by atoms with Gasteiger partial charge in [-0.3, -0.25) is 9.69 Å². The summed E-state index contributed by atoms with van der Waals surface area (Å²) in [5.41, 5.74) is 0. The van der Waals surface area contributed by atoms with Crippen LogP contribution in [0.2, 0.25) is 0 Å². The molecule has 1 aromatic rings. The van der Waals surface area contributed by atoms with Crippen molar-refractivity contribution in [1.29, 1.82) is 0 Å². The maximum absolute atomic E-state index is 12.0. The summed E-state index contributed by atoms with van der Waals surface area (Å²) in [5, 5.41) is 14.4. The van der Waals surface area contributed by atoms with Crippen LogP contribution >= 0.6 is 11.3 Å². The van der Waals surface area contributed by atoms with E-state index in [2.05, 4.69) is 10.2 Å². The minimum absolute atomic E-state index is 0.0428. The second-order valence-corrected chi connectivity index (χ2v) is 6.09. The molecule has 2 N–H and O–H groups in total. The molecule has 1 aliphatic rings. The molecule has 0 spiro atoms. The number of nitrogens with zero attached hydrogens (tertiary/aromatic N) is 1. The quantitative estimate of drug-likeness (QED) is 0.865. The van der Waals surface area contributed by atoms with Gasteiger partial charge in [-0.05, 0) is 37.8 Å². The number of likely N-dealkylation sites (tertiary alicyclic amines) is 1. The third-order valence-electron chi connectivity index (χ3n) is 3.65. The topological polar surface area (TPSA) is 52.6 Å². The van der Waals surface area contributed by atoms with Gasteiger partial charge in [0.1, 0.15) is 0 Å². The molecule has 106 valence electrons. The number of carbonyl (C=O) groups excluding carboxylic acids is 1. The zero-order valence-corrected chi connectivity index (χ0v) is 12.2.